The summed E-state index contributed by atoms with van der Waals surface area (Å²) in [5, 5.41) is 9.52. The summed E-state index contributed by atoms with van der Waals surface area (Å²) in [4.78, 5) is 0.0997. The van der Waals surface area contributed by atoms with E-state index in [0.717, 1.165) is 16.8 Å². The molecule has 0 bridgehead atoms. The Kier molecular flexibility index (Phi) is 4.24. The van der Waals surface area contributed by atoms with Crippen LogP contribution >= 0.6 is 11.5 Å². The molecular formula is C14H14N4O3S2. The van der Waals surface area contributed by atoms with Gasteiger partial charge in [-0.05, 0) is 30.9 Å². The molecule has 0 spiro atoms. The summed E-state index contributed by atoms with van der Waals surface area (Å²) in [5.74, 6) is 0.279. The SMILES string of the molecule is Cc1noc(C)c1S(=O)(=O)NCc1ccc(-c2csnn2)cc1. The molecule has 2 aromatic heterocycles. The molecule has 1 aromatic carbocycles. The third-order valence-electron chi connectivity index (χ3n) is 3.31. The minimum absolute atomic E-state index is 0.0997. The zero-order valence-electron chi connectivity index (χ0n) is 12.5. The highest BCUT2D eigenvalue weighted by Crippen LogP contribution is 2.20. The van der Waals surface area contributed by atoms with Gasteiger partial charge in [-0.3, -0.25) is 0 Å². The van der Waals surface area contributed by atoms with Crippen LogP contribution in [0.25, 0.3) is 11.3 Å². The lowest BCUT2D eigenvalue weighted by Gasteiger charge is -2.07. The lowest BCUT2D eigenvalue weighted by molar-refractivity contribution is 0.390. The maximum atomic E-state index is 12.3. The van der Waals surface area contributed by atoms with Crippen molar-refractivity contribution in [2.75, 3.05) is 0 Å². The zero-order chi connectivity index (χ0) is 16.4. The van der Waals surface area contributed by atoms with Crippen LogP contribution in [0.5, 0.6) is 0 Å². The van der Waals surface area contributed by atoms with Crippen molar-refractivity contribution in [1.29, 1.82) is 0 Å². The number of nitrogens with one attached hydrogen (secondary N) is 1. The van der Waals surface area contributed by atoms with Crippen molar-refractivity contribution in [1.82, 2.24) is 19.5 Å². The van der Waals surface area contributed by atoms with E-state index in [9.17, 15) is 8.42 Å². The van der Waals surface area contributed by atoms with E-state index in [-0.39, 0.29) is 17.2 Å². The van der Waals surface area contributed by atoms with Gasteiger partial charge >= 0.3 is 0 Å². The smallest absolute Gasteiger partial charge is 0.246 e. The van der Waals surface area contributed by atoms with Crippen LogP contribution in [-0.2, 0) is 16.6 Å². The third-order valence-corrected chi connectivity index (χ3v) is 5.46. The molecule has 0 fully saturated rings. The molecule has 3 aromatic rings. The zero-order valence-corrected chi connectivity index (χ0v) is 14.1. The Morgan fingerprint density at radius 2 is 1.96 bits per heavy atom. The normalized spacial score (nSPS) is 11.7. The highest BCUT2D eigenvalue weighted by molar-refractivity contribution is 7.89. The van der Waals surface area contributed by atoms with Gasteiger partial charge in [0.15, 0.2) is 5.76 Å². The van der Waals surface area contributed by atoms with Gasteiger partial charge in [-0.2, -0.15) is 0 Å². The number of benzene rings is 1. The van der Waals surface area contributed by atoms with E-state index in [1.54, 1.807) is 13.8 Å². The van der Waals surface area contributed by atoms with Gasteiger partial charge < -0.3 is 4.52 Å². The minimum Gasteiger partial charge on any atom is -0.360 e. The summed E-state index contributed by atoms with van der Waals surface area (Å²) in [6.07, 6.45) is 0. The molecule has 0 atom stereocenters. The highest BCUT2D eigenvalue weighted by Gasteiger charge is 2.23. The quantitative estimate of drug-likeness (QED) is 0.758. The van der Waals surface area contributed by atoms with Crippen molar-refractivity contribution < 1.29 is 12.9 Å². The van der Waals surface area contributed by atoms with Crippen molar-refractivity contribution >= 4 is 21.6 Å². The molecule has 120 valence electrons. The summed E-state index contributed by atoms with van der Waals surface area (Å²) in [7, 11) is -3.66. The number of nitrogens with zero attached hydrogens (tertiary/aromatic N) is 3. The Morgan fingerprint density at radius 3 is 2.52 bits per heavy atom. The summed E-state index contributed by atoms with van der Waals surface area (Å²) in [6, 6.07) is 7.47. The van der Waals surface area contributed by atoms with Crippen molar-refractivity contribution in [2.45, 2.75) is 25.3 Å². The second-order valence-corrected chi connectivity index (χ2v) is 7.28. The molecule has 0 unspecified atom stereocenters. The molecule has 3 rings (SSSR count). The van der Waals surface area contributed by atoms with Crippen molar-refractivity contribution in [3.63, 3.8) is 0 Å². The van der Waals surface area contributed by atoms with Crippen LogP contribution in [0.15, 0.2) is 39.1 Å². The van der Waals surface area contributed by atoms with Gasteiger partial charge in [0, 0.05) is 17.5 Å². The Hall–Kier alpha value is -2.10. The largest absolute Gasteiger partial charge is 0.360 e. The Labute approximate surface area is 137 Å². The van der Waals surface area contributed by atoms with Crippen molar-refractivity contribution in [2.24, 2.45) is 0 Å². The Morgan fingerprint density at radius 1 is 1.22 bits per heavy atom. The lowest BCUT2D eigenvalue weighted by Crippen LogP contribution is -2.24. The van der Waals surface area contributed by atoms with Gasteiger partial charge in [-0.1, -0.05) is 33.9 Å². The molecule has 0 aliphatic rings. The molecule has 0 aliphatic carbocycles. The van der Waals surface area contributed by atoms with Gasteiger partial charge in [-0.25, -0.2) is 13.1 Å². The summed E-state index contributed by atoms with van der Waals surface area (Å²) < 4.78 is 36.0. The minimum atomic E-state index is -3.66. The molecule has 9 heteroatoms. The number of sulfonamides is 1. The topological polar surface area (TPSA) is 98.0 Å². The van der Waals surface area contributed by atoms with E-state index < -0.39 is 10.0 Å². The summed E-state index contributed by atoms with van der Waals surface area (Å²) >= 11 is 1.29. The monoisotopic (exact) mass is 350 g/mol. The molecular weight excluding hydrogens is 336 g/mol. The molecule has 0 saturated carbocycles. The summed E-state index contributed by atoms with van der Waals surface area (Å²) in [6.45, 7) is 3.36. The van der Waals surface area contributed by atoms with Crippen LogP contribution in [0.2, 0.25) is 0 Å². The first-order valence-corrected chi connectivity index (χ1v) is 9.08. The molecule has 0 aliphatic heterocycles. The van der Waals surface area contributed by atoms with E-state index in [1.807, 2.05) is 29.6 Å². The van der Waals surface area contributed by atoms with E-state index in [2.05, 4.69) is 19.5 Å². The van der Waals surface area contributed by atoms with Crippen LogP contribution in [0, 0.1) is 13.8 Å². The fourth-order valence-electron chi connectivity index (χ4n) is 2.19. The average molecular weight is 350 g/mol. The van der Waals surface area contributed by atoms with Crippen LogP contribution in [0.4, 0.5) is 0 Å². The van der Waals surface area contributed by atoms with Gasteiger partial charge in [0.2, 0.25) is 10.0 Å². The van der Waals surface area contributed by atoms with Gasteiger partial charge in [0.1, 0.15) is 16.3 Å². The lowest BCUT2D eigenvalue weighted by atomic mass is 10.1. The number of hydrogen-bond donors (Lipinski definition) is 1. The van der Waals surface area contributed by atoms with E-state index >= 15 is 0 Å². The van der Waals surface area contributed by atoms with E-state index in [0.29, 0.717) is 5.69 Å². The predicted molar refractivity (Wildman–Crippen MR) is 85.3 cm³/mol. The number of hydrogen-bond acceptors (Lipinski definition) is 7. The van der Waals surface area contributed by atoms with Gasteiger partial charge in [0.05, 0.1) is 0 Å². The first-order chi connectivity index (χ1) is 11.0. The maximum Gasteiger partial charge on any atom is 0.246 e. The fraction of sp³-hybridized carbons (Fsp3) is 0.214. The number of aryl methyl sites for hydroxylation is 2. The first-order valence-electron chi connectivity index (χ1n) is 6.76. The third kappa shape index (κ3) is 3.31. The van der Waals surface area contributed by atoms with Crippen LogP contribution in [0.3, 0.4) is 0 Å². The average Bonchev–Trinajstić information content (AvgIpc) is 3.16. The predicted octanol–water partition coefficient (Wildman–Crippen LogP) is 2.29. The molecule has 2 heterocycles. The number of rotatable bonds is 5. The van der Waals surface area contributed by atoms with Crippen molar-refractivity contribution in [3.05, 3.63) is 46.7 Å². The van der Waals surface area contributed by atoms with Crippen LogP contribution in [0.1, 0.15) is 17.0 Å². The molecule has 0 radical (unpaired) electrons. The second kappa shape index (κ2) is 6.19. The first kappa shape index (κ1) is 15.8. The Balaban J connectivity index is 1.73. The van der Waals surface area contributed by atoms with Gasteiger partial charge in [-0.15, -0.1) is 5.10 Å². The maximum absolute atomic E-state index is 12.3. The molecule has 7 nitrogen and oxygen atoms in total. The fourth-order valence-corrected chi connectivity index (χ4v) is 4.00. The standard InChI is InChI=1S/C14H14N4O3S2/c1-9-14(10(2)21-17-9)23(19,20)15-7-11-3-5-12(6-4-11)13-8-22-18-16-13/h3-6,8,15H,7H2,1-2H3. The molecule has 0 amide bonds. The Bertz CT molecular complexity index is 881. The van der Waals surface area contributed by atoms with E-state index in [4.69, 9.17) is 4.52 Å². The molecule has 23 heavy (non-hydrogen) atoms. The number of aromatic nitrogens is 3. The molecule has 0 saturated heterocycles. The summed E-state index contributed by atoms with van der Waals surface area (Å²) in [5.41, 5.74) is 2.93. The highest BCUT2D eigenvalue weighted by atomic mass is 32.2. The molecule has 1 N–H and O–H groups in total. The van der Waals surface area contributed by atoms with Crippen molar-refractivity contribution in [3.8, 4) is 11.3 Å². The van der Waals surface area contributed by atoms with E-state index in [1.165, 1.54) is 11.5 Å². The second-order valence-electron chi connectivity index (χ2n) is 4.96. The van der Waals surface area contributed by atoms with Crippen LogP contribution in [-0.4, -0.2) is 23.2 Å². The van der Waals surface area contributed by atoms with Crippen LogP contribution < -0.4 is 4.72 Å². The van der Waals surface area contributed by atoms with Gasteiger partial charge in [0.25, 0.3) is 0 Å².